The first-order valence-corrected chi connectivity index (χ1v) is 7.08. The van der Waals surface area contributed by atoms with Gasteiger partial charge >= 0.3 is 0 Å². The topological polar surface area (TPSA) is 32.3 Å². The van der Waals surface area contributed by atoms with Gasteiger partial charge in [0.2, 0.25) is 0 Å². The molecule has 0 aromatic heterocycles. The van der Waals surface area contributed by atoms with Crippen LogP contribution >= 0.6 is 0 Å². The van der Waals surface area contributed by atoms with Crippen molar-refractivity contribution >= 4 is 5.78 Å². The van der Waals surface area contributed by atoms with Gasteiger partial charge in [-0.1, -0.05) is 34.1 Å². The summed E-state index contributed by atoms with van der Waals surface area (Å²) in [5, 5.41) is 3.34. The molecule has 17 heavy (non-hydrogen) atoms. The fraction of sp³-hybridized carbons (Fsp3) is 0.929. The van der Waals surface area contributed by atoms with Crippen LogP contribution in [0.1, 0.15) is 53.9 Å². The third-order valence-corrected chi connectivity index (χ3v) is 2.91. The lowest BCUT2D eigenvalue weighted by Gasteiger charge is -2.30. The summed E-state index contributed by atoms with van der Waals surface area (Å²) in [5.74, 6) is 0.259. The maximum absolute atomic E-state index is 11.5. The van der Waals surface area contributed by atoms with E-state index in [4.69, 9.17) is 0 Å². The summed E-state index contributed by atoms with van der Waals surface area (Å²) in [6, 6.07) is 0.395. The second-order valence-corrected chi connectivity index (χ2v) is 4.85. The molecule has 1 atom stereocenters. The summed E-state index contributed by atoms with van der Waals surface area (Å²) in [6.07, 6.45) is 3.91. The maximum Gasteiger partial charge on any atom is 0.147 e. The normalized spacial score (nSPS) is 18.5. The summed E-state index contributed by atoms with van der Waals surface area (Å²) in [6.45, 7) is 13.1. The minimum absolute atomic E-state index is 0.0168. The van der Waals surface area contributed by atoms with E-state index in [1.807, 2.05) is 13.8 Å². The van der Waals surface area contributed by atoms with Crippen molar-refractivity contribution in [2.75, 3.05) is 19.6 Å². The zero-order valence-corrected chi connectivity index (χ0v) is 12.3. The molecule has 0 aliphatic carbocycles. The van der Waals surface area contributed by atoms with Gasteiger partial charge in [0.15, 0.2) is 0 Å². The van der Waals surface area contributed by atoms with Gasteiger partial charge in [0.1, 0.15) is 5.78 Å². The van der Waals surface area contributed by atoms with Crippen LogP contribution < -0.4 is 5.32 Å². The number of piperidine rings is 1. The first kappa shape index (κ1) is 16.6. The number of ketones is 1. The molecule has 0 amide bonds. The van der Waals surface area contributed by atoms with Crippen LogP contribution in [0.25, 0.3) is 0 Å². The van der Waals surface area contributed by atoms with Crippen molar-refractivity contribution in [3.8, 4) is 0 Å². The SMILES string of the molecule is CC.CC(=O)C(CN1CCCCC1)NC(C)C. The van der Waals surface area contributed by atoms with Gasteiger partial charge in [0.05, 0.1) is 6.04 Å². The predicted octanol–water partition coefficient (Wildman–Crippen LogP) is 2.45. The average Bonchev–Trinajstić information content (AvgIpc) is 2.31. The molecule has 1 fully saturated rings. The summed E-state index contributed by atoms with van der Waals surface area (Å²) in [5.41, 5.74) is 0. The lowest BCUT2D eigenvalue weighted by Crippen LogP contribution is -2.48. The van der Waals surface area contributed by atoms with E-state index in [0.29, 0.717) is 6.04 Å². The second-order valence-electron chi connectivity index (χ2n) is 4.85. The van der Waals surface area contributed by atoms with Gasteiger partial charge in [-0.3, -0.25) is 4.79 Å². The van der Waals surface area contributed by atoms with E-state index in [1.54, 1.807) is 6.92 Å². The number of likely N-dealkylation sites (tertiary alicyclic amines) is 1. The highest BCUT2D eigenvalue weighted by Crippen LogP contribution is 2.09. The highest BCUT2D eigenvalue weighted by atomic mass is 16.1. The van der Waals surface area contributed by atoms with E-state index >= 15 is 0 Å². The van der Waals surface area contributed by atoms with Gasteiger partial charge in [-0.15, -0.1) is 0 Å². The Balaban J connectivity index is 0.00000121. The fourth-order valence-electron chi connectivity index (χ4n) is 2.10. The van der Waals surface area contributed by atoms with Crippen molar-refractivity contribution in [3.05, 3.63) is 0 Å². The van der Waals surface area contributed by atoms with Crippen molar-refractivity contribution in [2.24, 2.45) is 0 Å². The number of nitrogens with one attached hydrogen (secondary N) is 1. The summed E-state index contributed by atoms with van der Waals surface area (Å²) >= 11 is 0. The van der Waals surface area contributed by atoms with Gasteiger partial charge in [-0.2, -0.15) is 0 Å². The molecular weight excluding hydrogens is 212 g/mol. The minimum atomic E-state index is 0.0168. The molecule has 0 aromatic carbocycles. The maximum atomic E-state index is 11.5. The quantitative estimate of drug-likeness (QED) is 0.804. The zero-order valence-electron chi connectivity index (χ0n) is 12.3. The lowest BCUT2D eigenvalue weighted by atomic mass is 10.1. The van der Waals surface area contributed by atoms with Crippen LogP contribution in [0.3, 0.4) is 0 Å². The summed E-state index contributed by atoms with van der Waals surface area (Å²) < 4.78 is 0. The second kappa shape index (κ2) is 9.60. The Bertz CT molecular complexity index is 198. The van der Waals surface area contributed by atoms with Gasteiger partial charge < -0.3 is 10.2 Å². The Hall–Kier alpha value is -0.410. The molecule has 102 valence electrons. The van der Waals surface area contributed by atoms with E-state index in [-0.39, 0.29) is 11.8 Å². The molecule has 1 unspecified atom stereocenters. The number of carbonyl (C=O) groups excluding carboxylic acids is 1. The molecule has 1 saturated heterocycles. The predicted molar refractivity (Wildman–Crippen MR) is 74.4 cm³/mol. The van der Waals surface area contributed by atoms with Crippen LogP contribution in [0.5, 0.6) is 0 Å². The van der Waals surface area contributed by atoms with E-state index in [2.05, 4.69) is 24.1 Å². The molecule has 0 aromatic rings. The number of nitrogens with zero attached hydrogens (tertiary/aromatic N) is 1. The average molecular weight is 242 g/mol. The van der Waals surface area contributed by atoms with Gasteiger partial charge in [0, 0.05) is 12.6 Å². The number of hydrogen-bond acceptors (Lipinski definition) is 3. The third kappa shape index (κ3) is 7.50. The van der Waals surface area contributed by atoms with Crippen LogP contribution in [0.2, 0.25) is 0 Å². The Labute approximate surface area is 107 Å². The monoisotopic (exact) mass is 242 g/mol. The largest absolute Gasteiger partial charge is 0.304 e. The molecule has 0 saturated carbocycles. The van der Waals surface area contributed by atoms with Crippen molar-refractivity contribution in [2.45, 2.75) is 66.0 Å². The van der Waals surface area contributed by atoms with Crippen LogP contribution in [-0.2, 0) is 4.79 Å². The van der Waals surface area contributed by atoms with Gasteiger partial charge in [-0.25, -0.2) is 0 Å². The molecule has 1 N–H and O–H groups in total. The zero-order chi connectivity index (χ0) is 13.3. The van der Waals surface area contributed by atoms with Crippen molar-refractivity contribution < 1.29 is 4.79 Å². The molecule has 0 radical (unpaired) electrons. The van der Waals surface area contributed by atoms with Crippen molar-refractivity contribution in [3.63, 3.8) is 0 Å². The smallest absolute Gasteiger partial charge is 0.147 e. The molecule has 3 heteroatoms. The van der Waals surface area contributed by atoms with Gasteiger partial charge in [-0.05, 0) is 32.9 Å². The number of rotatable bonds is 5. The van der Waals surface area contributed by atoms with E-state index in [1.165, 1.54) is 19.3 Å². The third-order valence-electron chi connectivity index (χ3n) is 2.91. The Morgan fingerprint density at radius 1 is 1.18 bits per heavy atom. The molecular formula is C14H30N2O. The fourth-order valence-corrected chi connectivity index (χ4v) is 2.10. The lowest BCUT2D eigenvalue weighted by molar-refractivity contribution is -0.119. The van der Waals surface area contributed by atoms with Crippen LogP contribution in [0, 0.1) is 0 Å². The molecule has 1 aliphatic rings. The number of hydrogen-bond donors (Lipinski definition) is 1. The summed E-state index contributed by atoms with van der Waals surface area (Å²) in [4.78, 5) is 13.9. The van der Waals surface area contributed by atoms with Gasteiger partial charge in [0.25, 0.3) is 0 Å². The minimum Gasteiger partial charge on any atom is -0.304 e. The highest BCUT2D eigenvalue weighted by Gasteiger charge is 2.19. The standard InChI is InChI=1S/C12H24N2O.C2H6/c1-10(2)13-12(11(3)15)9-14-7-5-4-6-8-14;1-2/h10,12-13H,4-9H2,1-3H3;1-2H3. The molecule has 1 aliphatic heterocycles. The van der Waals surface area contributed by atoms with Crippen molar-refractivity contribution in [1.29, 1.82) is 0 Å². The molecule has 3 nitrogen and oxygen atoms in total. The van der Waals surface area contributed by atoms with E-state index < -0.39 is 0 Å². The van der Waals surface area contributed by atoms with E-state index in [9.17, 15) is 4.79 Å². The Morgan fingerprint density at radius 2 is 1.71 bits per heavy atom. The molecule has 1 rings (SSSR count). The van der Waals surface area contributed by atoms with E-state index in [0.717, 1.165) is 19.6 Å². The highest BCUT2D eigenvalue weighted by molar-refractivity contribution is 5.81. The summed E-state index contributed by atoms with van der Waals surface area (Å²) in [7, 11) is 0. The first-order chi connectivity index (χ1) is 8.09. The number of carbonyl (C=O) groups is 1. The molecule has 0 spiro atoms. The Morgan fingerprint density at radius 3 is 2.12 bits per heavy atom. The Kier molecular flexibility index (Phi) is 9.37. The molecule has 1 heterocycles. The number of Topliss-reactive ketones (excluding diaryl/α,β-unsaturated/α-hetero) is 1. The van der Waals surface area contributed by atoms with Crippen molar-refractivity contribution in [1.82, 2.24) is 10.2 Å². The van der Waals surface area contributed by atoms with Crippen LogP contribution in [-0.4, -0.2) is 42.4 Å². The van der Waals surface area contributed by atoms with Crippen LogP contribution in [0.4, 0.5) is 0 Å². The van der Waals surface area contributed by atoms with Crippen LogP contribution in [0.15, 0.2) is 0 Å². The first-order valence-electron chi connectivity index (χ1n) is 7.08. The molecule has 0 bridgehead atoms.